The molecule has 106 valence electrons. The summed E-state index contributed by atoms with van der Waals surface area (Å²) >= 11 is 0. The Hall–Kier alpha value is -0.120. The number of nitrogens with zero attached hydrogens (tertiary/aromatic N) is 1. The van der Waals surface area contributed by atoms with E-state index < -0.39 is 0 Å². The molecule has 1 heterocycles. The van der Waals surface area contributed by atoms with Gasteiger partial charge in [-0.25, -0.2) is 0 Å². The maximum atomic E-state index is 5.20. The highest BCUT2D eigenvalue weighted by molar-refractivity contribution is 4.87. The number of hydrogen-bond donors (Lipinski definition) is 1. The molecule has 1 saturated carbocycles. The summed E-state index contributed by atoms with van der Waals surface area (Å²) < 4.78 is 5.20. The van der Waals surface area contributed by atoms with Crippen molar-refractivity contribution in [3.63, 3.8) is 0 Å². The number of nitrogens with one attached hydrogen (secondary N) is 1. The van der Waals surface area contributed by atoms with Crippen LogP contribution in [0.15, 0.2) is 0 Å². The predicted octanol–water partition coefficient (Wildman–Crippen LogP) is 2.27. The molecule has 0 aromatic heterocycles. The molecule has 0 amide bonds. The van der Waals surface area contributed by atoms with E-state index in [1.807, 2.05) is 0 Å². The SMILES string of the molecule is COCCC(C)N1CCNC(C2CCCCC2)C1. The van der Waals surface area contributed by atoms with E-state index in [1.54, 1.807) is 7.11 Å². The summed E-state index contributed by atoms with van der Waals surface area (Å²) in [4.78, 5) is 2.66. The van der Waals surface area contributed by atoms with Gasteiger partial charge in [0.2, 0.25) is 0 Å². The molecule has 2 unspecified atom stereocenters. The minimum atomic E-state index is 0.665. The molecule has 3 nitrogen and oxygen atoms in total. The zero-order valence-corrected chi connectivity index (χ0v) is 12.2. The van der Waals surface area contributed by atoms with Gasteiger partial charge in [0.05, 0.1) is 0 Å². The molecule has 0 aromatic carbocycles. The lowest BCUT2D eigenvalue weighted by molar-refractivity contribution is 0.0916. The highest BCUT2D eigenvalue weighted by atomic mass is 16.5. The smallest absolute Gasteiger partial charge is 0.0477 e. The maximum Gasteiger partial charge on any atom is 0.0477 e. The van der Waals surface area contributed by atoms with Gasteiger partial charge in [-0.1, -0.05) is 19.3 Å². The molecular formula is C15H30N2O. The zero-order valence-electron chi connectivity index (χ0n) is 12.2. The van der Waals surface area contributed by atoms with E-state index in [9.17, 15) is 0 Å². The molecule has 3 heteroatoms. The van der Waals surface area contributed by atoms with Gasteiger partial charge in [-0.2, -0.15) is 0 Å². The Morgan fingerprint density at radius 1 is 1.28 bits per heavy atom. The summed E-state index contributed by atoms with van der Waals surface area (Å²) in [6.07, 6.45) is 8.39. The maximum absolute atomic E-state index is 5.20. The summed E-state index contributed by atoms with van der Waals surface area (Å²) in [5.74, 6) is 0.927. The number of rotatable bonds is 5. The second-order valence-electron chi connectivity index (χ2n) is 6.08. The van der Waals surface area contributed by atoms with Crippen LogP contribution in [0.4, 0.5) is 0 Å². The van der Waals surface area contributed by atoms with Crippen LogP contribution in [0.3, 0.4) is 0 Å². The second kappa shape index (κ2) is 7.46. The number of hydrogen-bond acceptors (Lipinski definition) is 3. The van der Waals surface area contributed by atoms with E-state index in [4.69, 9.17) is 4.74 Å². The van der Waals surface area contributed by atoms with Gasteiger partial charge in [0.25, 0.3) is 0 Å². The van der Waals surface area contributed by atoms with Crippen LogP contribution < -0.4 is 5.32 Å². The van der Waals surface area contributed by atoms with Crippen molar-refractivity contribution in [2.75, 3.05) is 33.4 Å². The topological polar surface area (TPSA) is 24.5 Å². The quantitative estimate of drug-likeness (QED) is 0.814. The normalized spacial score (nSPS) is 29.3. The van der Waals surface area contributed by atoms with E-state index in [2.05, 4.69) is 17.1 Å². The largest absolute Gasteiger partial charge is 0.385 e. The average Bonchev–Trinajstić information content (AvgIpc) is 2.46. The molecule has 0 bridgehead atoms. The van der Waals surface area contributed by atoms with Gasteiger partial charge in [-0.15, -0.1) is 0 Å². The van der Waals surface area contributed by atoms with Crippen LogP contribution in [-0.4, -0.2) is 50.3 Å². The third kappa shape index (κ3) is 3.94. The first-order valence-corrected chi connectivity index (χ1v) is 7.77. The monoisotopic (exact) mass is 254 g/mol. The van der Waals surface area contributed by atoms with Crippen molar-refractivity contribution >= 4 is 0 Å². The molecule has 0 aromatic rings. The van der Waals surface area contributed by atoms with Crippen molar-refractivity contribution in [3.8, 4) is 0 Å². The molecule has 1 aliphatic heterocycles. The third-order valence-electron chi connectivity index (χ3n) is 4.82. The predicted molar refractivity (Wildman–Crippen MR) is 75.9 cm³/mol. The molecule has 1 saturated heterocycles. The van der Waals surface area contributed by atoms with Crippen LogP contribution in [0.5, 0.6) is 0 Å². The summed E-state index contributed by atoms with van der Waals surface area (Å²) in [6.45, 7) is 6.85. The van der Waals surface area contributed by atoms with Crippen LogP contribution in [-0.2, 0) is 4.74 Å². The molecule has 0 radical (unpaired) electrons. The number of ether oxygens (including phenoxy) is 1. The molecule has 1 aliphatic carbocycles. The van der Waals surface area contributed by atoms with Gasteiger partial charge < -0.3 is 10.1 Å². The average molecular weight is 254 g/mol. The van der Waals surface area contributed by atoms with E-state index in [1.165, 1.54) is 51.7 Å². The highest BCUT2D eigenvalue weighted by Gasteiger charge is 2.29. The van der Waals surface area contributed by atoms with Crippen molar-refractivity contribution in [3.05, 3.63) is 0 Å². The first-order valence-electron chi connectivity index (χ1n) is 7.77. The van der Waals surface area contributed by atoms with Gasteiger partial charge in [0.15, 0.2) is 0 Å². The fourth-order valence-corrected chi connectivity index (χ4v) is 3.53. The van der Waals surface area contributed by atoms with Crippen LogP contribution in [0.2, 0.25) is 0 Å². The fourth-order valence-electron chi connectivity index (χ4n) is 3.53. The van der Waals surface area contributed by atoms with Gasteiger partial charge in [-0.3, -0.25) is 4.90 Å². The lowest BCUT2D eigenvalue weighted by Crippen LogP contribution is -2.56. The summed E-state index contributed by atoms with van der Waals surface area (Å²) in [7, 11) is 1.80. The number of piperazine rings is 1. The summed E-state index contributed by atoms with van der Waals surface area (Å²) in [5, 5.41) is 3.76. The molecule has 2 fully saturated rings. The van der Waals surface area contributed by atoms with Crippen LogP contribution in [0, 0.1) is 5.92 Å². The van der Waals surface area contributed by atoms with Gasteiger partial charge in [0, 0.05) is 45.4 Å². The van der Waals surface area contributed by atoms with Gasteiger partial charge >= 0.3 is 0 Å². The Balaban J connectivity index is 1.79. The Kier molecular flexibility index (Phi) is 5.93. The fraction of sp³-hybridized carbons (Fsp3) is 1.00. The number of methoxy groups -OCH3 is 1. The van der Waals surface area contributed by atoms with Gasteiger partial charge in [-0.05, 0) is 32.1 Å². The van der Waals surface area contributed by atoms with Crippen molar-refractivity contribution in [2.45, 2.75) is 57.5 Å². The standard InChI is InChI=1S/C15H30N2O/c1-13(8-11-18-2)17-10-9-16-15(12-17)14-6-4-3-5-7-14/h13-16H,3-12H2,1-2H3. The first kappa shape index (κ1) is 14.3. The lowest BCUT2D eigenvalue weighted by Gasteiger charge is -2.41. The van der Waals surface area contributed by atoms with Crippen LogP contribution in [0.1, 0.15) is 45.4 Å². The third-order valence-corrected chi connectivity index (χ3v) is 4.82. The van der Waals surface area contributed by atoms with E-state index >= 15 is 0 Å². The first-order chi connectivity index (χ1) is 8.81. The van der Waals surface area contributed by atoms with Crippen molar-refractivity contribution in [2.24, 2.45) is 5.92 Å². The van der Waals surface area contributed by atoms with E-state index in [0.29, 0.717) is 6.04 Å². The van der Waals surface area contributed by atoms with Crippen molar-refractivity contribution in [1.82, 2.24) is 10.2 Å². The minimum absolute atomic E-state index is 0.665. The molecule has 2 atom stereocenters. The Morgan fingerprint density at radius 3 is 2.78 bits per heavy atom. The van der Waals surface area contributed by atoms with E-state index in [0.717, 1.165) is 25.0 Å². The Labute approximate surface area is 112 Å². The van der Waals surface area contributed by atoms with Crippen LogP contribution >= 0.6 is 0 Å². The minimum Gasteiger partial charge on any atom is -0.385 e. The summed E-state index contributed by atoms with van der Waals surface area (Å²) in [5.41, 5.74) is 0. The molecule has 18 heavy (non-hydrogen) atoms. The van der Waals surface area contributed by atoms with Crippen molar-refractivity contribution < 1.29 is 4.74 Å². The van der Waals surface area contributed by atoms with E-state index in [-0.39, 0.29) is 0 Å². The van der Waals surface area contributed by atoms with Crippen LogP contribution in [0.25, 0.3) is 0 Å². The molecule has 2 rings (SSSR count). The Bertz CT molecular complexity index is 229. The van der Waals surface area contributed by atoms with Crippen molar-refractivity contribution in [1.29, 1.82) is 0 Å². The summed E-state index contributed by atoms with van der Waals surface area (Å²) in [6, 6.07) is 1.40. The highest BCUT2D eigenvalue weighted by Crippen LogP contribution is 2.28. The van der Waals surface area contributed by atoms with Gasteiger partial charge in [0.1, 0.15) is 0 Å². The zero-order chi connectivity index (χ0) is 12.8. The second-order valence-corrected chi connectivity index (χ2v) is 6.08. The lowest BCUT2D eigenvalue weighted by atomic mass is 9.83. The Morgan fingerprint density at radius 2 is 2.06 bits per heavy atom. The molecular weight excluding hydrogens is 224 g/mol. The molecule has 1 N–H and O–H groups in total. The molecule has 2 aliphatic rings. The molecule has 0 spiro atoms.